The lowest BCUT2D eigenvalue weighted by Gasteiger charge is -2.11. The summed E-state index contributed by atoms with van der Waals surface area (Å²) < 4.78 is 32.0. The van der Waals surface area contributed by atoms with Crippen LogP contribution >= 0.6 is 0 Å². The lowest BCUT2D eigenvalue weighted by atomic mass is 10.0. The highest BCUT2D eigenvalue weighted by atomic mass is 19.3. The van der Waals surface area contributed by atoms with Gasteiger partial charge in [0.15, 0.2) is 0 Å². The molecule has 4 nitrogen and oxygen atoms in total. The van der Waals surface area contributed by atoms with Gasteiger partial charge in [-0.1, -0.05) is 44.0 Å². The number of fused-ring (bicyclic) bond motifs is 3. The number of unbranched alkanes of at least 4 members (excludes halogenated alkanes) is 2. The smallest absolute Gasteiger partial charge is 0.387 e. The van der Waals surface area contributed by atoms with E-state index < -0.39 is 12.5 Å². The topological polar surface area (TPSA) is 57.2 Å². The molecule has 165 valence electrons. The fourth-order valence-electron chi connectivity index (χ4n) is 4.20. The Morgan fingerprint density at radius 3 is 2.66 bits per heavy atom. The molecule has 6 heteroatoms. The average Bonchev–Trinajstić information content (AvgIpc) is 3.07. The Labute approximate surface area is 185 Å². The largest absolute Gasteiger partial charge is 0.435 e. The van der Waals surface area contributed by atoms with E-state index in [1.807, 2.05) is 18.2 Å². The van der Waals surface area contributed by atoms with Gasteiger partial charge in [-0.25, -0.2) is 0 Å². The Morgan fingerprint density at radius 2 is 1.91 bits per heavy atom. The van der Waals surface area contributed by atoms with Crippen molar-refractivity contribution < 1.29 is 18.3 Å². The number of amides is 1. The van der Waals surface area contributed by atoms with E-state index in [1.54, 1.807) is 24.3 Å². The van der Waals surface area contributed by atoms with E-state index in [-0.39, 0.29) is 5.75 Å². The van der Waals surface area contributed by atoms with E-state index in [0.29, 0.717) is 12.1 Å². The van der Waals surface area contributed by atoms with Crippen LogP contribution in [0.5, 0.6) is 5.75 Å². The first-order valence-electron chi connectivity index (χ1n) is 10.8. The van der Waals surface area contributed by atoms with Crippen LogP contribution in [0.15, 0.2) is 54.6 Å². The van der Waals surface area contributed by atoms with Crippen LogP contribution in [0.1, 0.15) is 47.7 Å². The molecule has 1 radical (unpaired) electrons. The summed E-state index contributed by atoms with van der Waals surface area (Å²) in [5, 5.41) is 1.59. The third kappa shape index (κ3) is 4.44. The molecule has 0 saturated carbocycles. The Kier molecular flexibility index (Phi) is 6.40. The molecule has 0 bridgehead atoms. The number of halogens is 2. The number of aromatic nitrogens is 1. The molecule has 1 amide bonds. The van der Waals surface area contributed by atoms with Crippen molar-refractivity contribution in [3.63, 3.8) is 0 Å². The summed E-state index contributed by atoms with van der Waals surface area (Å²) in [6.07, 6.45) is 4.34. The first kappa shape index (κ1) is 21.8. The third-order valence-electron chi connectivity index (χ3n) is 5.65. The van der Waals surface area contributed by atoms with Crippen LogP contribution in [-0.4, -0.2) is 17.1 Å². The van der Waals surface area contributed by atoms with Crippen LogP contribution in [0.25, 0.3) is 21.8 Å². The van der Waals surface area contributed by atoms with Crippen LogP contribution in [0.3, 0.4) is 0 Å². The molecule has 3 aromatic carbocycles. The van der Waals surface area contributed by atoms with Crippen molar-refractivity contribution in [2.45, 2.75) is 45.8 Å². The predicted octanol–water partition coefficient (Wildman–Crippen LogP) is 6.08. The fourth-order valence-corrected chi connectivity index (χ4v) is 4.20. The summed E-state index contributed by atoms with van der Waals surface area (Å²) in [5.41, 5.74) is 9.86. The minimum absolute atomic E-state index is 0.114. The van der Waals surface area contributed by atoms with Gasteiger partial charge in [-0.15, -0.1) is 0 Å². The maximum atomic E-state index is 12.7. The number of alkyl halides is 2. The molecule has 0 aliphatic heterocycles. The van der Waals surface area contributed by atoms with Crippen molar-refractivity contribution in [3.05, 3.63) is 77.4 Å². The number of nitrogens with zero attached hydrogens (tertiary/aromatic N) is 1. The molecule has 0 saturated heterocycles. The van der Waals surface area contributed by atoms with E-state index in [9.17, 15) is 13.6 Å². The molecule has 0 atom stereocenters. The number of carbonyl (C=O) groups excluding carboxylic acids is 1. The minimum Gasteiger partial charge on any atom is -0.435 e. The number of benzene rings is 3. The molecule has 0 aliphatic rings. The second kappa shape index (κ2) is 9.39. The molecule has 4 aromatic rings. The normalized spacial score (nSPS) is 11.5. The van der Waals surface area contributed by atoms with Crippen molar-refractivity contribution in [2.75, 3.05) is 0 Å². The maximum absolute atomic E-state index is 12.7. The lowest BCUT2D eigenvalue weighted by molar-refractivity contribution is -0.0498. The number of aryl methyl sites for hydroxylation is 1. The highest BCUT2D eigenvalue weighted by Crippen LogP contribution is 2.33. The summed E-state index contributed by atoms with van der Waals surface area (Å²) in [6, 6.07) is 19.6. The molecular weight excluding hydrogens is 410 g/mol. The summed E-state index contributed by atoms with van der Waals surface area (Å²) in [5.74, 6) is -0.384. The number of primary amides is 1. The number of hydrogen-bond donors (Lipinski definition) is 1. The Balaban J connectivity index is 1.85. The van der Waals surface area contributed by atoms with Gasteiger partial charge < -0.3 is 15.0 Å². The molecule has 0 fully saturated rings. The highest BCUT2D eigenvalue weighted by molar-refractivity contribution is 6.17. The second-order valence-electron chi connectivity index (χ2n) is 7.90. The fraction of sp³-hybridized carbons (Fsp3) is 0.269. The SMILES string of the molecule is CCCCCc1c[c]c2c3c(C(N)=O)cccc3n(Cc3cccc(OC(F)F)c3)c2c1. The van der Waals surface area contributed by atoms with Crippen molar-refractivity contribution in [2.24, 2.45) is 5.73 Å². The highest BCUT2D eigenvalue weighted by Gasteiger charge is 2.17. The molecule has 1 heterocycles. The number of rotatable bonds is 9. The quantitative estimate of drug-likeness (QED) is 0.324. The van der Waals surface area contributed by atoms with E-state index in [2.05, 4.69) is 28.4 Å². The standard InChI is InChI=1S/C26H25F2N2O2/c1-2-3-4-7-17-12-13-20-23(15-17)30(22-11-6-10-21(24(20)22)25(29)31)16-18-8-5-9-19(14-18)32-26(27)28/h5-6,8-12,14-15,26H,2-4,7,16H2,1H3,(H2,29,31). The van der Waals surface area contributed by atoms with Gasteiger partial charge in [0.1, 0.15) is 5.75 Å². The van der Waals surface area contributed by atoms with Gasteiger partial charge in [0, 0.05) is 22.9 Å². The lowest BCUT2D eigenvalue weighted by Crippen LogP contribution is -2.11. The van der Waals surface area contributed by atoms with Crippen molar-refractivity contribution >= 4 is 27.7 Å². The zero-order valence-electron chi connectivity index (χ0n) is 17.9. The van der Waals surface area contributed by atoms with Crippen molar-refractivity contribution in [3.8, 4) is 5.75 Å². The van der Waals surface area contributed by atoms with Gasteiger partial charge in [0.2, 0.25) is 5.91 Å². The van der Waals surface area contributed by atoms with Crippen LogP contribution in [0, 0.1) is 6.07 Å². The number of hydrogen-bond acceptors (Lipinski definition) is 2. The zero-order chi connectivity index (χ0) is 22.7. The van der Waals surface area contributed by atoms with Gasteiger partial charge in [-0.05, 0) is 60.4 Å². The van der Waals surface area contributed by atoms with E-state index in [1.165, 1.54) is 11.6 Å². The van der Waals surface area contributed by atoms with Gasteiger partial charge in [-0.3, -0.25) is 4.79 Å². The number of carbonyl (C=O) groups is 1. The molecule has 0 unspecified atom stereocenters. The second-order valence-corrected chi connectivity index (χ2v) is 7.90. The predicted molar refractivity (Wildman–Crippen MR) is 122 cm³/mol. The molecule has 4 rings (SSSR count). The Morgan fingerprint density at radius 1 is 1.09 bits per heavy atom. The number of ether oxygens (including phenoxy) is 1. The molecule has 32 heavy (non-hydrogen) atoms. The van der Waals surface area contributed by atoms with Crippen LogP contribution in [0.2, 0.25) is 0 Å². The van der Waals surface area contributed by atoms with E-state index in [0.717, 1.165) is 53.1 Å². The first-order valence-corrected chi connectivity index (χ1v) is 10.8. The Bertz CT molecular complexity index is 1260. The number of nitrogens with two attached hydrogens (primary N) is 1. The molecule has 2 N–H and O–H groups in total. The summed E-state index contributed by atoms with van der Waals surface area (Å²) in [7, 11) is 0. The monoisotopic (exact) mass is 435 g/mol. The summed E-state index contributed by atoms with van der Waals surface area (Å²) in [6.45, 7) is -0.281. The summed E-state index contributed by atoms with van der Waals surface area (Å²) in [4.78, 5) is 12.1. The maximum Gasteiger partial charge on any atom is 0.387 e. The minimum atomic E-state index is -2.88. The van der Waals surface area contributed by atoms with Gasteiger partial charge >= 0.3 is 6.61 Å². The Hall–Kier alpha value is -3.41. The molecule has 0 aliphatic carbocycles. The van der Waals surface area contributed by atoms with Crippen LogP contribution < -0.4 is 10.5 Å². The summed E-state index contributed by atoms with van der Waals surface area (Å²) >= 11 is 0. The average molecular weight is 435 g/mol. The first-order chi connectivity index (χ1) is 15.5. The zero-order valence-corrected chi connectivity index (χ0v) is 17.9. The third-order valence-corrected chi connectivity index (χ3v) is 5.65. The van der Waals surface area contributed by atoms with Crippen molar-refractivity contribution in [1.82, 2.24) is 4.57 Å². The van der Waals surface area contributed by atoms with Crippen molar-refractivity contribution in [1.29, 1.82) is 0 Å². The van der Waals surface area contributed by atoms with E-state index in [4.69, 9.17) is 5.73 Å². The van der Waals surface area contributed by atoms with Crippen LogP contribution in [-0.2, 0) is 13.0 Å². The molecule has 1 aromatic heterocycles. The molecule has 0 spiro atoms. The van der Waals surface area contributed by atoms with Crippen LogP contribution in [0.4, 0.5) is 8.78 Å². The molecular formula is C26H25F2N2O2. The van der Waals surface area contributed by atoms with Gasteiger partial charge in [-0.2, -0.15) is 8.78 Å². The van der Waals surface area contributed by atoms with E-state index >= 15 is 0 Å². The van der Waals surface area contributed by atoms with Gasteiger partial charge in [0.25, 0.3) is 0 Å². The van der Waals surface area contributed by atoms with Gasteiger partial charge in [0.05, 0.1) is 11.0 Å².